The van der Waals surface area contributed by atoms with Gasteiger partial charge in [-0.1, -0.05) is 48.5 Å². The van der Waals surface area contributed by atoms with Crippen molar-refractivity contribution in [1.82, 2.24) is 14.1 Å². The maximum absolute atomic E-state index is 13.1. The lowest BCUT2D eigenvalue weighted by molar-refractivity contribution is -0.136. The van der Waals surface area contributed by atoms with Crippen molar-refractivity contribution in [2.75, 3.05) is 39.8 Å². The van der Waals surface area contributed by atoms with Crippen molar-refractivity contribution in [3.05, 3.63) is 66.2 Å². The summed E-state index contributed by atoms with van der Waals surface area (Å²) in [6.45, 7) is 4.28. The zero-order valence-electron chi connectivity index (χ0n) is 20.6. The minimum absolute atomic E-state index is 0. The summed E-state index contributed by atoms with van der Waals surface area (Å²) < 4.78 is 27.7. The van der Waals surface area contributed by atoms with E-state index >= 15 is 0 Å². The van der Waals surface area contributed by atoms with Crippen LogP contribution in [0.3, 0.4) is 0 Å². The molecule has 0 bridgehead atoms. The quantitative estimate of drug-likeness (QED) is 0.493. The molecule has 0 radical (unpaired) electrons. The summed E-state index contributed by atoms with van der Waals surface area (Å²) in [6.07, 6.45) is 5.83. The van der Waals surface area contributed by atoms with Crippen LogP contribution in [0.4, 0.5) is 0 Å². The Morgan fingerprint density at radius 2 is 1.57 bits per heavy atom. The highest BCUT2D eigenvalue weighted by Gasteiger charge is 2.30. The van der Waals surface area contributed by atoms with Gasteiger partial charge in [-0.15, -0.1) is 12.4 Å². The Hall–Kier alpha value is -1.93. The van der Waals surface area contributed by atoms with Crippen molar-refractivity contribution in [1.29, 1.82) is 0 Å². The van der Waals surface area contributed by atoms with E-state index in [4.69, 9.17) is 0 Å². The smallest absolute Gasteiger partial charge is 0.242 e. The van der Waals surface area contributed by atoms with Crippen molar-refractivity contribution >= 4 is 28.3 Å². The van der Waals surface area contributed by atoms with Gasteiger partial charge in [0.25, 0.3) is 0 Å². The molecule has 2 aromatic carbocycles. The van der Waals surface area contributed by atoms with Gasteiger partial charge in [0.05, 0.1) is 4.90 Å². The molecule has 192 valence electrons. The molecule has 1 atom stereocenters. The van der Waals surface area contributed by atoms with Crippen LogP contribution >= 0.6 is 12.4 Å². The number of hydrogen-bond acceptors (Lipinski definition) is 4. The van der Waals surface area contributed by atoms with Crippen LogP contribution in [0.2, 0.25) is 0 Å². The second-order valence-electron chi connectivity index (χ2n) is 9.61. The molecule has 2 aliphatic rings. The number of carbonyl (C=O) groups excluding carboxylic acids is 1. The Labute approximate surface area is 216 Å². The van der Waals surface area contributed by atoms with Crippen LogP contribution in [0.5, 0.6) is 0 Å². The van der Waals surface area contributed by atoms with E-state index in [1.165, 1.54) is 9.87 Å². The standard InChI is InChI=1S/C27H37N3O3S.ClH/c1-28(34(32,33)26-12-6-3-7-13-26)22-24(23-10-4-2-5-11-23)15-19-29-20-16-25(17-21-29)30-18-9-8-14-27(30)31;/h2-7,10-13,24-25H,8-9,14-22H2,1H3;1H/t24-;/m0./s1. The van der Waals surface area contributed by atoms with Crippen LogP contribution in [0, 0.1) is 0 Å². The third kappa shape index (κ3) is 7.06. The fourth-order valence-corrected chi connectivity index (χ4v) is 6.51. The first-order valence-corrected chi connectivity index (χ1v) is 14.0. The van der Waals surface area contributed by atoms with Crippen molar-refractivity contribution < 1.29 is 13.2 Å². The van der Waals surface area contributed by atoms with Gasteiger partial charge in [-0.2, -0.15) is 0 Å². The molecule has 8 heteroatoms. The van der Waals surface area contributed by atoms with Gasteiger partial charge >= 0.3 is 0 Å². The Kier molecular flexibility index (Phi) is 10.2. The van der Waals surface area contributed by atoms with Crippen molar-refractivity contribution in [2.24, 2.45) is 0 Å². The monoisotopic (exact) mass is 519 g/mol. The van der Waals surface area contributed by atoms with Gasteiger partial charge in [-0.05, 0) is 62.3 Å². The van der Waals surface area contributed by atoms with Crippen LogP contribution in [0.15, 0.2) is 65.6 Å². The molecule has 0 aliphatic carbocycles. The Bertz CT molecular complexity index is 1030. The maximum Gasteiger partial charge on any atom is 0.242 e. The number of benzene rings is 2. The minimum Gasteiger partial charge on any atom is -0.340 e. The van der Waals surface area contributed by atoms with Gasteiger partial charge in [-0.3, -0.25) is 4.79 Å². The van der Waals surface area contributed by atoms with Crippen LogP contribution in [-0.4, -0.2) is 74.2 Å². The maximum atomic E-state index is 13.1. The molecule has 2 heterocycles. The third-order valence-corrected chi connectivity index (χ3v) is 9.19. The molecule has 2 fully saturated rings. The SMILES string of the molecule is CN(C[C@H](CCN1CCC(N2CCCCC2=O)CC1)c1ccccc1)S(=O)(=O)c1ccccc1.Cl. The topological polar surface area (TPSA) is 60.9 Å². The number of rotatable bonds is 9. The molecular weight excluding hydrogens is 482 g/mol. The Morgan fingerprint density at radius 3 is 2.20 bits per heavy atom. The summed E-state index contributed by atoms with van der Waals surface area (Å²) in [5, 5.41) is 0. The van der Waals surface area contributed by atoms with E-state index in [1.54, 1.807) is 31.3 Å². The molecule has 6 nitrogen and oxygen atoms in total. The third-order valence-electron chi connectivity index (χ3n) is 7.35. The summed E-state index contributed by atoms with van der Waals surface area (Å²) in [4.78, 5) is 17.2. The van der Waals surface area contributed by atoms with Crippen LogP contribution in [0.25, 0.3) is 0 Å². The van der Waals surface area contributed by atoms with Gasteiger partial charge in [0.2, 0.25) is 15.9 Å². The Morgan fingerprint density at radius 1 is 0.943 bits per heavy atom. The summed E-state index contributed by atoms with van der Waals surface area (Å²) >= 11 is 0. The normalized spacial score (nSPS) is 18.9. The first-order chi connectivity index (χ1) is 16.4. The number of nitrogens with zero attached hydrogens (tertiary/aromatic N) is 3. The molecular formula is C27H38ClN3O3S. The predicted molar refractivity (Wildman–Crippen MR) is 142 cm³/mol. The van der Waals surface area contributed by atoms with Crippen molar-refractivity contribution in [2.45, 2.75) is 55.4 Å². The molecule has 4 rings (SSSR count). The van der Waals surface area contributed by atoms with Gasteiger partial charge in [0, 0.05) is 45.7 Å². The number of hydrogen-bond donors (Lipinski definition) is 0. The second kappa shape index (κ2) is 12.9. The van der Waals surface area contributed by atoms with Crippen LogP contribution in [0.1, 0.15) is 50.0 Å². The summed E-state index contributed by atoms with van der Waals surface area (Å²) in [7, 11) is -1.85. The van der Waals surface area contributed by atoms with Crippen LogP contribution in [-0.2, 0) is 14.8 Å². The molecule has 0 aromatic heterocycles. The fraction of sp³-hybridized carbons (Fsp3) is 0.519. The molecule has 2 aromatic rings. The average Bonchev–Trinajstić information content (AvgIpc) is 2.88. The van der Waals surface area contributed by atoms with Crippen molar-refractivity contribution in [3.8, 4) is 0 Å². The average molecular weight is 520 g/mol. The zero-order valence-corrected chi connectivity index (χ0v) is 22.2. The number of carbonyl (C=O) groups is 1. The first kappa shape index (κ1) is 27.7. The van der Waals surface area contributed by atoms with E-state index in [0.717, 1.165) is 58.3 Å². The largest absolute Gasteiger partial charge is 0.340 e. The van der Waals surface area contributed by atoms with E-state index in [9.17, 15) is 13.2 Å². The molecule has 0 spiro atoms. The fourth-order valence-electron chi connectivity index (χ4n) is 5.28. The predicted octanol–water partition coefficient (Wildman–Crippen LogP) is 4.38. The highest BCUT2D eigenvalue weighted by atomic mass is 35.5. The van der Waals surface area contributed by atoms with Gasteiger partial charge < -0.3 is 9.80 Å². The molecule has 0 saturated carbocycles. The summed E-state index contributed by atoms with van der Waals surface area (Å²) in [6, 6.07) is 19.3. The minimum atomic E-state index is -3.53. The number of likely N-dealkylation sites (tertiary alicyclic amines) is 2. The molecule has 2 saturated heterocycles. The lowest BCUT2D eigenvalue weighted by atomic mass is 9.94. The highest BCUT2D eigenvalue weighted by Crippen LogP contribution is 2.26. The van der Waals surface area contributed by atoms with E-state index in [2.05, 4.69) is 21.9 Å². The number of halogens is 1. The Balaban J connectivity index is 0.00000342. The summed E-state index contributed by atoms with van der Waals surface area (Å²) in [5.74, 6) is 0.447. The molecule has 0 N–H and O–H groups in total. The number of likely N-dealkylation sites (N-methyl/N-ethyl adjacent to an activating group) is 1. The second-order valence-corrected chi connectivity index (χ2v) is 11.7. The van der Waals surface area contributed by atoms with Crippen LogP contribution < -0.4 is 0 Å². The van der Waals surface area contributed by atoms with E-state index < -0.39 is 10.0 Å². The molecule has 35 heavy (non-hydrogen) atoms. The zero-order chi connectivity index (χ0) is 24.0. The van der Waals surface area contributed by atoms with Crippen molar-refractivity contribution in [3.63, 3.8) is 0 Å². The highest BCUT2D eigenvalue weighted by molar-refractivity contribution is 7.89. The molecule has 1 amide bonds. The van der Waals surface area contributed by atoms with E-state index in [-0.39, 0.29) is 18.3 Å². The first-order valence-electron chi connectivity index (χ1n) is 12.5. The number of amides is 1. The lowest BCUT2D eigenvalue weighted by Gasteiger charge is -2.40. The van der Waals surface area contributed by atoms with E-state index in [0.29, 0.717) is 29.8 Å². The molecule has 0 unspecified atom stereocenters. The van der Waals surface area contributed by atoms with Gasteiger partial charge in [-0.25, -0.2) is 12.7 Å². The van der Waals surface area contributed by atoms with Gasteiger partial charge in [0.15, 0.2) is 0 Å². The van der Waals surface area contributed by atoms with E-state index in [1.807, 2.05) is 24.3 Å². The molecule has 2 aliphatic heterocycles. The summed E-state index contributed by atoms with van der Waals surface area (Å²) in [5.41, 5.74) is 1.17. The van der Waals surface area contributed by atoms with Gasteiger partial charge in [0.1, 0.15) is 0 Å². The lowest BCUT2D eigenvalue weighted by Crippen LogP contribution is -2.49. The number of sulfonamides is 1. The number of piperidine rings is 2.